The molecule has 8 aromatic carbocycles. The van der Waals surface area contributed by atoms with Gasteiger partial charge in [0.1, 0.15) is 22.3 Å². The van der Waals surface area contributed by atoms with Gasteiger partial charge in [0.15, 0.2) is 17.5 Å². The minimum atomic E-state index is 0.586. The van der Waals surface area contributed by atoms with Gasteiger partial charge in [0.2, 0.25) is 0 Å². The molecule has 0 saturated carbocycles. The second-order valence-corrected chi connectivity index (χ2v) is 14.4. The van der Waals surface area contributed by atoms with E-state index in [2.05, 4.69) is 120 Å². The van der Waals surface area contributed by atoms with Crippen LogP contribution in [0.4, 0.5) is 0 Å². The molecule has 0 amide bonds. The van der Waals surface area contributed by atoms with Crippen LogP contribution in [-0.4, -0.2) is 19.5 Å². The third-order valence-corrected chi connectivity index (χ3v) is 11.1. The summed E-state index contributed by atoms with van der Waals surface area (Å²) in [7, 11) is 0. The molecule has 0 aliphatic rings. The molecule has 57 heavy (non-hydrogen) atoms. The van der Waals surface area contributed by atoms with Gasteiger partial charge in [-0.15, -0.1) is 0 Å². The van der Waals surface area contributed by atoms with Crippen LogP contribution in [0.1, 0.15) is 0 Å². The van der Waals surface area contributed by atoms with E-state index in [0.29, 0.717) is 17.5 Å². The summed E-state index contributed by atoms with van der Waals surface area (Å²) in [5, 5.41) is 6.66. The summed E-state index contributed by atoms with van der Waals surface area (Å²) in [5.41, 5.74) is 11.5. The van der Waals surface area contributed by atoms with E-state index in [1.54, 1.807) is 0 Å². The Bertz CT molecular complexity index is 3410. The lowest BCUT2D eigenvalue weighted by Gasteiger charge is -2.11. The number of fused-ring (bicyclic) bond motifs is 9. The fraction of sp³-hybridized carbons (Fsp3) is 0. The molecule has 0 aliphatic carbocycles. The summed E-state index contributed by atoms with van der Waals surface area (Å²) in [6.45, 7) is 0. The largest absolute Gasteiger partial charge is 0.456 e. The van der Waals surface area contributed by atoms with E-state index in [1.165, 1.54) is 10.8 Å². The molecule has 12 rings (SSSR count). The van der Waals surface area contributed by atoms with Crippen LogP contribution >= 0.6 is 0 Å². The van der Waals surface area contributed by atoms with Crippen LogP contribution in [0.15, 0.2) is 191 Å². The Balaban J connectivity index is 1.01. The first-order valence-electron chi connectivity index (χ1n) is 19.0. The Morgan fingerprint density at radius 3 is 1.46 bits per heavy atom. The molecule has 0 bridgehead atoms. The fourth-order valence-electron chi connectivity index (χ4n) is 8.48. The topological polar surface area (TPSA) is 69.9 Å². The van der Waals surface area contributed by atoms with E-state index in [1.807, 2.05) is 66.7 Å². The van der Waals surface area contributed by atoms with Crippen molar-refractivity contribution in [2.45, 2.75) is 0 Å². The standard InChI is InChI=1S/C51H30N4O2/c1-3-13-31(14-4-1)49-52-50(32-15-5-2-6-16-32)54-51(53-49)34-26-28-39-38-27-25-33(29-45(38)57-46(39)30-34)35-19-11-23-43-47(35)48-42(22-12-24-44(48)56-43)55-40-20-9-7-17-36(40)37-18-8-10-21-41(37)55/h1-30H. The quantitative estimate of drug-likeness (QED) is 0.176. The Labute approximate surface area is 325 Å². The number of rotatable bonds is 5. The van der Waals surface area contributed by atoms with Crippen molar-refractivity contribution in [1.82, 2.24) is 19.5 Å². The van der Waals surface area contributed by atoms with E-state index in [-0.39, 0.29) is 0 Å². The van der Waals surface area contributed by atoms with Crippen molar-refractivity contribution in [3.8, 4) is 51.0 Å². The maximum absolute atomic E-state index is 6.67. The number of hydrogen-bond acceptors (Lipinski definition) is 5. The zero-order valence-electron chi connectivity index (χ0n) is 30.4. The zero-order valence-corrected chi connectivity index (χ0v) is 30.4. The fourth-order valence-corrected chi connectivity index (χ4v) is 8.48. The molecule has 266 valence electrons. The van der Waals surface area contributed by atoms with Gasteiger partial charge in [-0.05, 0) is 65.7 Å². The van der Waals surface area contributed by atoms with Crippen LogP contribution in [0.3, 0.4) is 0 Å². The van der Waals surface area contributed by atoms with Crippen molar-refractivity contribution in [1.29, 1.82) is 0 Å². The monoisotopic (exact) mass is 730 g/mol. The number of para-hydroxylation sites is 2. The van der Waals surface area contributed by atoms with Crippen LogP contribution in [0.5, 0.6) is 0 Å². The first-order chi connectivity index (χ1) is 28.2. The smallest absolute Gasteiger partial charge is 0.164 e. The van der Waals surface area contributed by atoms with E-state index in [4.69, 9.17) is 23.8 Å². The Kier molecular flexibility index (Phi) is 6.83. The third-order valence-electron chi connectivity index (χ3n) is 11.1. The number of hydrogen-bond donors (Lipinski definition) is 0. The van der Waals surface area contributed by atoms with Gasteiger partial charge in [-0.1, -0.05) is 127 Å². The highest BCUT2D eigenvalue weighted by molar-refractivity contribution is 6.18. The lowest BCUT2D eigenvalue weighted by atomic mass is 9.97. The van der Waals surface area contributed by atoms with Gasteiger partial charge in [-0.3, -0.25) is 0 Å². The van der Waals surface area contributed by atoms with E-state index < -0.39 is 0 Å². The number of nitrogens with zero attached hydrogens (tertiary/aromatic N) is 4. The summed E-state index contributed by atoms with van der Waals surface area (Å²) in [4.78, 5) is 14.8. The molecule has 6 nitrogen and oxygen atoms in total. The average Bonchev–Trinajstić information content (AvgIpc) is 3.96. The van der Waals surface area contributed by atoms with Crippen LogP contribution in [-0.2, 0) is 0 Å². The molecule has 4 aromatic heterocycles. The molecule has 0 radical (unpaired) electrons. The minimum absolute atomic E-state index is 0.586. The predicted molar refractivity (Wildman–Crippen MR) is 230 cm³/mol. The average molecular weight is 731 g/mol. The molecule has 0 aliphatic heterocycles. The van der Waals surface area contributed by atoms with Gasteiger partial charge >= 0.3 is 0 Å². The lowest BCUT2D eigenvalue weighted by Crippen LogP contribution is -2.00. The summed E-state index contributed by atoms with van der Waals surface area (Å²) < 4.78 is 15.6. The van der Waals surface area contributed by atoms with E-state index in [9.17, 15) is 0 Å². The van der Waals surface area contributed by atoms with Gasteiger partial charge in [0.05, 0.1) is 22.1 Å². The van der Waals surface area contributed by atoms with Crippen molar-refractivity contribution >= 4 is 65.7 Å². The first kappa shape index (κ1) is 31.5. The van der Waals surface area contributed by atoms with E-state index >= 15 is 0 Å². The molecular weight excluding hydrogens is 701 g/mol. The third kappa shape index (κ3) is 4.94. The summed E-state index contributed by atoms with van der Waals surface area (Å²) in [6, 6.07) is 62.6. The maximum Gasteiger partial charge on any atom is 0.164 e. The molecule has 0 atom stereocenters. The van der Waals surface area contributed by atoms with Crippen molar-refractivity contribution in [3.63, 3.8) is 0 Å². The van der Waals surface area contributed by atoms with Crippen molar-refractivity contribution in [2.24, 2.45) is 0 Å². The maximum atomic E-state index is 6.67. The Hall–Kier alpha value is -7.83. The van der Waals surface area contributed by atoms with Crippen molar-refractivity contribution in [2.75, 3.05) is 0 Å². The normalized spacial score (nSPS) is 11.9. The second kappa shape index (κ2) is 12.3. The van der Waals surface area contributed by atoms with Gasteiger partial charge in [-0.2, -0.15) is 0 Å². The van der Waals surface area contributed by atoms with Crippen LogP contribution in [0.25, 0.3) is 117 Å². The molecule has 12 aromatic rings. The molecule has 0 fully saturated rings. The second-order valence-electron chi connectivity index (χ2n) is 14.4. The van der Waals surface area contributed by atoms with Gasteiger partial charge in [-0.25, -0.2) is 15.0 Å². The number of benzene rings is 8. The van der Waals surface area contributed by atoms with Crippen molar-refractivity contribution in [3.05, 3.63) is 182 Å². The Morgan fingerprint density at radius 2 is 0.825 bits per heavy atom. The minimum Gasteiger partial charge on any atom is -0.456 e. The highest BCUT2D eigenvalue weighted by Crippen LogP contribution is 2.43. The summed E-state index contributed by atoms with van der Waals surface area (Å²) in [6.07, 6.45) is 0. The molecule has 0 spiro atoms. The number of aromatic nitrogens is 4. The lowest BCUT2D eigenvalue weighted by molar-refractivity contribution is 0.668. The van der Waals surface area contributed by atoms with Crippen molar-refractivity contribution < 1.29 is 8.83 Å². The molecule has 6 heteroatoms. The van der Waals surface area contributed by atoms with Gasteiger partial charge in [0, 0.05) is 43.6 Å². The highest BCUT2D eigenvalue weighted by Gasteiger charge is 2.21. The van der Waals surface area contributed by atoms with Crippen LogP contribution in [0.2, 0.25) is 0 Å². The zero-order chi connectivity index (χ0) is 37.5. The summed E-state index contributed by atoms with van der Waals surface area (Å²) >= 11 is 0. The predicted octanol–water partition coefficient (Wildman–Crippen LogP) is 13.4. The van der Waals surface area contributed by atoms with E-state index in [0.717, 1.165) is 88.4 Å². The van der Waals surface area contributed by atoms with Gasteiger partial charge < -0.3 is 13.4 Å². The first-order valence-corrected chi connectivity index (χ1v) is 19.0. The molecule has 0 N–H and O–H groups in total. The summed E-state index contributed by atoms with van der Waals surface area (Å²) in [5.74, 6) is 1.83. The van der Waals surface area contributed by atoms with Crippen LogP contribution in [0, 0.1) is 0 Å². The molecular formula is C51H30N4O2. The number of furan rings is 2. The van der Waals surface area contributed by atoms with Crippen LogP contribution < -0.4 is 0 Å². The Morgan fingerprint density at radius 1 is 0.333 bits per heavy atom. The molecule has 4 heterocycles. The van der Waals surface area contributed by atoms with Gasteiger partial charge in [0.25, 0.3) is 0 Å². The molecule has 0 unspecified atom stereocenters. The molecule has 0 saturated heterocycles. The highest BCUT2D eigenvalue weighted by atomic mass is 16.3. The SMILES string of the molecule is c1ccc(-c2nc(-c3ccccc3)nc(-c3ccc4c(c3)oc3cc(-c5cccc6oc7cccc(-n8c9ccccc9c9ccccc98)c7c56)ccc34)n2)cc1.